The molecular formula is C14H15N5. The number of nitrogens with two attached hydrogens (primary N) is 1. The molecule has 0 spiro atoms. The number of benzene rings is 1. The predicted octanol–water partition coefficient (Wildman–Crippen LogP) is 1.73. The normalized spacial score (nSPS) is 9.95. The van der Waals surface area contributed by atoms with E-state index in [0.717, 1.165) is 16.8 Å². The maximum atomic E-state index is 8.87. The molecule has 19 heavy (non-hydrogen) atoms. The Hall–Kier alpha value is -2.45. The van der Waals surface area contributed by atoms with E-state index in [1.54, 1.807) is 6.07 Å². The molecule has 0 aliphatic rings. The van der Waals surface area contributed by atoms with Crippen LogP contribution in [0.1, 0.15) is 22.5 Å². The van der Waals surface area contributed by atoms with Crippen molar-refractivity contribution >= 4 is 5.95 Å². The van der Waals surface area contributed by atoms with Gasteiger partial charge in [0.05, 0.1) is 0 Å². The van der Waals surface area contributed by atoms with Crippen molar-refractivity contribution in [3.05, 3.63) is 52.8 Å². The van der Waals surface area contributed by atoms with Gasteiger partial charge in [-0.15, -0.1) is 0 Å². The Morgan fingerprint density at radius 3 is 2.68 bits per heavy atom. The van der Waals surface area contributed by atoms with Gasteiger partial charge >= 0.3 is 0 Å². The molecule has 0 unspecified atom stereocenters. The van der Waals surface area contributed by atoms with Crippen LogP contribution in [0.2, 0.25) is 0 Å². The highest BCUT2D eigenvalue weighted by Gasteiger charge is 2.03. The third-order valence-electron chi connectivity index (χ3n) is 2.74. The predicted molar refractivity (Wildman–Crippen MR) is 73.1 cm³/mol. The number of nitrogens with zero attached hydrogens (tertiary/aromatic N) is 3. The van der Waals surface area contributed by atoms with Crippen molar-refractivity contribution in [2.45, 2.75) is 20.0 Å². The summed E-state index contributed by atoms with van der Waals surface area (Å²) in [6, 6.07) is 11.6. The Bertz CT molecular complexity index is 615. The summed E-state index contributed by atoms with van der Waals surface area (Å²) in [5, 5.41) is 12.0. The molecule has 0 fully saturated rings. The fourth-order valence-corrected chi connectivity index (χ4v) is 1.81. The first kappa shape index (κ1) is 13.0. The monoisotopic (exact) mass is 253 g/mol. The maximum absolute atomic E-state index is 8.87. The second kappa shape index (κ2) is 5.94. The molecule has 0 amide bonds. The Morgan fingerprint density at radius 1 is 1.26 bits per heavy atom. The van der Waals surface area contributed by atoms with Crippen molar-refractivity contribution in [1.82, 2.24) is 9.97 Å². The SMILES string of the molecule is Cc1cc(C#N)nc(NCc2ccccc2CN)n1. The van der Waals surface area contributed by atoms with E-state index in [-0.39, 0.29) is 0 Å². The van der Waals surface area contributed by atoms with Gasteiger partial charge in [-0.25, -0.2) is 9.97 Å². The van der Waals surface area contributed by atoms with Gasteiger partial charge < -0.3 is 11.1 Å². The first-order chi connectivity index (χ1) is 9.22. The fourth-order valence-electron chi connectivity index (χ4n) is 1.81. The van der Waals surface area contributed by atoms with Crippen molar-refractivity contribution in [3.63, 3.8) is 0 Å². The van der Waals surface area contributed by atoms with Crippen molar-refractivity contribution in [2.75, 3.05) is 5.32 Å². The van der Waals surface area contributed by atoms with Gasteiger partial charge in [0, 0.05) is 18.8 Å². The van der Waals surface area contributed by atoms with Crippen LogP contribution in [0.5, 0.6) is 0 Å². The van der Waals surface area contributed by atoms with Crippen LogP contribution in [0.3, 0.4) is 0 Å². The number of aryl methyl sites for hydroxylation is 1. The van der Waals surface area contributed by atoms with Gasteiger partial charge in [0.15, 0.2) is 0 Å². The molecule has 0 bridgehead atoms. The summed E-state index contributed by atoms with van der Waals surface area (Å²) >= 11 is 0. The lowest BCUT2D eigenvalue weighted by atomic mass is 10.1. The largest absolute Gasteiger partial charge is 0.350 e. The fraction of sp³-hybridized carbons (Fsp3) is 0.214. The Balaban J connectivity index is 2.15. The van der Waals surface area contributed by atoms with Crippen molar-refractivity contribution in [3.8, 4) is 6.07 Å². The summed E-state index contributed by atoms with van der Waals surface area (Å²) in [4.78, 5) is 8.36. The van der Waals surface area contributed by atoms with E-state index in [0.29, 0.717) is 24.7 Å². The lowest BCUT2D eigenvalue weighted by molar-refractivity contribution is 0.978. The Morgan fingerprint density at radius 2 is 2.00 bits per heavy atom. The number of aromatic nitrogens is 2. The zero-order chi connectivity index (χ0) is 13.7. The third kappa shape index (κ3) is 3.27. The quantitative estimate of drug-likeness (QED) is 0.866. The number of nitrogens with one attached hydrogen (secondary N) is 1. The number of hydrogen-bond donors (Lipinski definition) is 2. The molecule has 1 aromatic carbocycles. The van der Waals surface area contributed by atoms with Crippen LogP contribution < -0.4 is 11.1 Å². The van der Waals surface area contributed by atoms with Gasteiger partial charge in [-0.3, -0.25) is 0 Å². The zero-order valence-electron chi connectivity index (χ0n) is 10.7. The van der Waals surface area contributed by atoms with Crippen LogP contribution in [-0.4, -0.2) is 9.97 Å². The second-order valence-corrected chi connectivity index (χ2v) is 4.16. The molecule has 5 nitrogen and oxygen atoms in total. The van der Waals surface area contributed by atoms with Crippen LogP contribution in [-0.2, 0) is 13.1 Å². The summed E-state index contributed by atoms with van der Waals surface area (Å²) in [6.07, 6.45) is 0. The molecular weight excluding hydrogens is 238 g/mol. The minimum atomic E-state index is 0.363. The molecule has 1 aromatic heterocycles. The first-order valence-corrected chi connectivity index (χ1v) is 5.99. The van der Waals surface area contributed by atoms with E-state index < -0.39 is 0 Å². The highest BCUT2D eigenvalue weighted by molar-refractivity contribution is 5.36. The Labute approximate surface area is 112 Å². The summed E-state index contributed by atoms with van der Waals surface area (Å²) < 4.78 is 0. The van der Waals surface area contributed by atoms with Gasteiger partial charge in [-0.2, -0.15) is 5.26 Å². The minimum Gasteiger partial charge on any atom is -0.350 e. The van der Waals surface area contributed by atoms with Crippen LogP contribution in [0.4, 0.5) is 5.95 Å². The van der Waals surface area contributed by atoms with E-state index in [1.807, 2.05) is 37.3 Å². The topological polar surface area (TPSA) is 87.6 Å². The number of anilines is 1. The average Bonchev–Trinajstić information content (AvgIpc) is 2.44. The van der Waals surface area contributed by atoms with Gasteiger partial charge in [0.1, 0.15) is 11.8 Å². The third-order valence-corrected chi connectivity index (χ3v) is 2.74. The highest BCUT2D eigenvalue weighted by atomic mass is 15.1. The summed E-state index contributed by atoms with van der Waals surface area (Å²) in [5.41, 5.74) is 9.01. The molecule has 96 valence electrons. The standard InChI is InChI=1S/C14H15N5/c1-10-6-13(8-16)19-14(18-10)17-9-12-5-3-2-4-11(12)7-15/h2-6H,7,9,15H2,1H3,(H,17,18,19). The van der Waals surface area contributed by atoms with Crippen molar-refractivity contribution < 1.29 is 0 Å². The van der Waals surface area contributed by atoms with Gasteiger partial charge in [-0.05, 0) is 24.1 Å². The zero-order valence-corrected chi connectivity index (χ0v) is 10.7. The molecule has 5 heteroatoms. The lowest BCUT2D eigenvalue weighted by Gasteiger charge is -2.09. The van der Waals surface area contributed by atoms with Gasteiger partial charge in [-0.1, -0.05) is 24.3 Å². The summed E-state index contributed by atoms with van der Waals surface area (Å²) in [6.45, 7) is 2.92. The molecule has 2 aromatic rings. The average molecular weight is 253 g/mol. The molecule has 0 radical (unpaired) electrons. The summed E-state index contributed by atoms with van der Waals surface area (Å²) in [7, 11) is 0. The van der Waals surface area contributed by atoms with Gasteiger partial charge in [0.25, 0.3) is 0 Å². The maximum Gasteiger partial charge on any atom is 0.224 e. The lowest BCUT2D eigenvalue weighted by Crippen LogP contribution is -2.09. The van der Waals surface area contributed by atoms with E-state index in [4.69, 9.17) is 11.0 Å². The molecule has 0 saturated heterocycles. The highest BCUT2D eigenvalue weighted by Crippen LogP contribution is 2.10. The van der Waals surface area contributed by atoms with E-state index >= 15 is 0 Å². The smallest absolute Gasteiger partial charge is 0.224 e. The van der Waals surface area contributed by atoms with Crippen LogP contribution in [0.15, 0.2) is 30.3 Å². The molecule has 2 rings (SSSR count). The molecule has 1 heterocycles. The van der Waals surface area contributed by atoms with Crippen LogP contribution >= 0.6 is 0 Å². The van der Waals surface area contributed by atoms with Crippen LogP contribution in [0.25, 0.3) is 0 Å². The van der Waals surface area contributed by atoms with E-state index in [9.17, 15) is 0 Å². The molecule has 0 atom stereocenters. The molecule has 3 N–H and O–H groups in total. The van der Waals surface area contributed by atoms with E-state index in [1.165, 1.54) is 0 Å². The van der Waals surface area contributed by atoms with E-state index in [2.05, 4.69) is 15.3 Å². The Kier molecular flexibility index (Phi) is 4.06. The minimum absolute atomic E-state index is 0.363. The van der Waals surface area contributed by atoms with Crippen LogP contribution in [0, 0.1) is 18.3 Å². The number of rotatable bonds is 4. The van der Waals surface area contributed by atoms with Gasteiger partial charge in [0.2, 0.25) is 5.95 Å². The first-order valence-electron chi connectivity index (χ1n) is 5.99. The molecule has 0 aliphatic carbocycles. The van der Waals surface area contributed by atoms with Crippen molar-refractivity contribution in [1.29, 1.82) is 5.26 Å². The second-order valence-electron chi connectivity index (χ2n) is 4.16. The molecule has 0 saturated carbocycles. The molecule has 0 aliphatic heterocycles. The van der Waals surface area contributed by atoms with Crippen molar-refractivity contribution in [2.24, 2.45) is 5.73 Å². The summed E-state index contributed by atoms with van der Waals surface area (Å²) in [5.74, 6) is 0.461. The number of nitriles is 1. The number of hydrogen-bond acceptors (Lipinski definition) is 5.